The third-order valence-electron chi connectivity index (χ3n) is 4.36. The molecule has 1 aliphatic rings. The molecule has 3 aromatic rings. The Hall–Kier alpha value is -2.84. The highest BCUT2D eigenvalue weighted by molar-refractivity contribution is 6.30. The van der Waals surface area contributed by atoms with Crippen LogP contribution in [-0.2, 0) is 11.2 Å². The molecule has 1 amide bonds. The monoisotopic (exact) mass is 345 g/mol. The molecule has 4 rings (SSSR count). The number of fused-ring (bicyclic) bond motifs is 3. The molecule has 0 spiro atoms. The summed E-state index contributed by atoms with van der Waals surface area (Å²) in [5.41, 5.74) is 6.88. The van der Waals surface area contributed by atoms with Gasteiger partial charge in [0, 0.05) is 16.8 Å². The molecule has 0 atom stereocenters. The zero-order valence-electron chi connectivity index (χ0n) is 13.5. The number of carbonyl (C=O) groups is 1. The fraction of sp³-hybridized carbons (Fsp3) is 0.0455. The van der Waals surface area contributed by atoms with Crippen molar-refractivity contribution >= 4 is 29.3 Å². The minimum Gasteiger partial charge on any atom is -0.323 e. The third-order valence-corrected chi connectivity index (χ3v) is 4.61. The van der Waals surface area contributed by atoms with Gasteiger partial charge in [-0.1, -0.05) is 54.1 Å². The lowest BCUT2D eigenvalue weighted by atomic mass is 10.1. The Morgan fingerprint density at radius 3 is 2.52 bits per heavy atom. The summed E-state index contributed by atoms with van der Waals surface area (Å²) < 4.78 is 0. The van der Waals surface area contributed by atoms with Gasteiger partial charge in [0.2, 0.25) is 5.91 Å². The van der Waals surface area contributed by atoms with Crippen LogP contribution in [0.25, 0.3) is 17.2 Å². The molecule has 0 saturated heterocycles. The van der Waals surface area contributed by atoms with Crippen LogP contribution in [0.15, 0.2) is 72.8 Å². The van der Waals surface area contributed by atoms with Crippen molar-refractivity contribution in [3.8, 4) is 11.1 Å². The first-order chi connectivity index (χ1) is 12.2. The molecule has 0 aromatic heterocycles. The summed E-state index contributed by atoms with van der Waals surface area (Å²) in [6, 6.07) is 21.9. The second-order valence-electron chi connectivity index (χ2n) is 6.08. The first-order valence-corrected chi connectivity index (χ1v) is 8.53. The molecule has 0 aliphatic heterocycles. The van der Waals surface area contributed by atoms with E-state index in [0.29, 0.717) is 5.02 Å². The standard InChI is InChI=1S/C22H16ClNO/c23-18-8-5-15(6-9-18)7-12-22(25)24-19-10-11-21-17(14-19)13-16-3-1-2-4-20(16)21/h1-12,14H,13H2,(H,24,25)/b12-7+. The molecule has 3 heteroatoms. The van der Waals surface area contributed by atoms with Gasteiger partial charge in [-0.3, -0.25) is 4.79 Å². The number of hydrogen-bond donors (Lipinski definition) is 1. The number of anilines is 1. The van der Waals surface area contributed by atoms with Crippen LogP contribution in [0.5, 0.6) is 0 Å². The van der Waals surface area contributed by atoms with Crippen molar-refractivity contribution in [3.63, 3.8) is 0 Å². The maximum absolute atomic E-state index is 12.1. The summed E-state index contributed by atoms with van der Waals surface area (Å²) in [5.74, 6) is -0.148. The topological polar surface area (TPSA) is 29.1 Å². The highest BCUT2D eigenvalue weighted by atomic mass is 35.5. The molecule has 3 aromatic carbocycles. The number of benzene rings is 3. The summed E-state index contributed by atoms with van der Waals surface area (Å²) in [4.78, 5) is 12.1. The van der Waals surface area contributed by atoms with Crippen LogP contribution in [0, 0.1) is 0 Å². The number of carbonyl (C=O) groups excluding carboxylic acids is 1. The molecule has 1 aliphatic carbocycles. The molecule has 0 unspecified atom stereocenters. The van der Waals surface area contributed by atoms with Gasteiger partial charge in [-0.25, -0.2) is 0 Å². The van der Waals surface area contributed by atoms with E-state index in [0.717, 1.165) is 17.7 Å². The average Bonchev–Trinajstić information content (AvgIpc) is 2.99. The number of hydrogen-bond acceptors (Lipinski definition) is 1. The molecular formula is C22H16ClNO. The fourth-order valence-electron chi connectivity index (χ4n) is 3.15. The number of rotatable bonds is 3. The molecule has 0 fully saturated rings. The molecule has 2 nitrogen and oxygen atoms in total. The normalized spacial score (nSPS) is 12.0. The van der Waals surface area contributed by atoms with Crippen molar-refractivity contribution in [2.45, 2.75) is 6.42 Å². The van der Waals surface area contributed by atoms with Gasteiger partial charge in [-0.05, 0) is 64.6 Å². The average molecular weight is 346 g/mol. The van der Waals surface area contributed by atoms with E-state index in [4.69, 9.17) is 11.6 Å². The van der Waals surface area contributed by atoms with Crippen molar-refractivity contribution in [2.24, 2.45) is 0 Å². The lowest BCUT2D eigenvalue weighted by Gasteiger charge is -2.06. The minimum absolute atomic E-state index is 0.148. The van der Waals surface area contributed by atoms with E-state index in [2.05, 4.69) is 41.7 Å². The largest absolute Gasteiger partial charge is 0.323 e. The molecule has 0 saturated carbocycles. The van der Waals surface area contributed by atoms with Gasteiger partial charge in [0.1, 0.15) is 0 Å². The van der Waals surface area contributed by atoms with Crippen LogP contribution in [-0.4, -0.2) is 5.91 Å². The van der Waals surface area contributed by atoms with Gasteiger partial charge in [-0.15, -0.1) is 0 Å². The summed E-state index contributed by atoms with van der Waals surface area (Å²) in [6.45, 7) is 0. The lowest BCUT2D eigenvalue weighted by molar-refractivity contribution is -0.111. The van der Waals surface area contributed by atoms with Gasteiger partial charge in [-0.2, -0.15) is 0 Å². The van der Waals surface area contributed by atoms with Crippen LogP contribution in [0.1, 0.15) is 16.7 Å². The van der Waals surface area contributed by atoms with E-state index in [1.54, 1.807) is 18.2 Å². The Morgan fingerprint density at radius 1 is 0.920 bits per heavy atom. The fourth-order valence-corrected chi connectivity index (χ4v) is 3.28. The van der Waals surface area contributed by atoms with Crippen LogP contribution >= 0.6 is 11.6 Å². The van der Waals surface area contributed by atoms with Crippen molar-refractivity contribution in [2.75, 3.05) is 5.32 Å². The van der Waals surface area contributed by atoms with E-state index in [1.165, 1.54) is 28.3 Å². The summed E-state index contributed by atoms with van der Waals surface area (Å²) >= 11 is 5.86. The number of halogens is 1. The molecule has 1 N–H and O–H groups in total. The maximum Gasteiger partial charge on any atom is 0.248 e. The van der Waals surface area contributed by atoms with E-state index in [9.17, 15) is 4.79 Å². The predicted octanol–water partition coefficient (Wildman–Crippen LogP) is 5.56. The second-order valence-corrected chi connectivity index (χ2v) is 6.52. The molecule has 0 radical (unpaired) electrons. The van der Waals surface area contributed by atoms with Gasteiger partial charge in [0.05, 0.1) is 0 Å². The SMILES string of the molecule is O=C(/C=C/c1ccc(Cl)cc1)Nc1ccc2c(c1)Cc1ccccc1-2. The van der Waals surface area contributed by atoms with Crippen LogP contribution < -0.4 is 5.32 Å². The first-order valence-electron chi connectivity index (χ1n) is 8.15. The quantitative estimate of drug-likeness (QED) is 0.484. The molecule has 0 heterocycles. The van der Waals surface area contributed by atoms with Gasteiger partial charge in [0.25, 0.3) is 0 Å². The minimum atomic E-state index is -0.148. The van der Waals surface area contributed by atoms with Crippen molar-refractivity contribution in [1.29, 1.82) is 0 Å². The first kappa shape index (κ1) is 15.7. The van der Waals surface area contributed by atoms with Crippen molar-refractivity contribution in [1.82, 2.24) is 0 Å². The summed E-state index contributed by atoms with van der Waals surface area (Å²) in [7, 11) is 0. The number of amides is 1. The molecule has 25 heavy (non-hydrogen) atoms. The van der Waals surface area contributed by atoms with E-state index < -0.39 is 0 Å². The maximum atomic E-state index is 12.1. The van der Waals surface area contributed by atoms with Crippen molar-refractivity contribution in [3.05, 3.63) is 94.5 Å². The van der Waals surface area contributed by atoms with Crippen LogP contribution in [0.3, 0.4) is 0 Å². The molecular weight excluding hydrogens is 330 g/mol. The highest BCUT2D eigenvalue weighted by Gasteiger charge is 2.17. The second kappa shape index (κ2) is 6.58. The Balaban J connectivity index is 1.48. The zero-order valence-corrected chi connectivity index (χ0v) is 14.3. The zero-order chi connectivity index (χ0) is 17.2. The Bertz CT molecular complexity index is 974. The third kappa shape index (κ3) is 3.35. The van der Waals surface area contributed by atoms with E-state index in [-0.39, 0.29) is 5.91 Å². The summed E-state index contributed by atoms with van der Waals surface area (Å²) in [6.07, 6.45) is 4.22. The smallest absolute Gasteiger partial charge is 0.248 e. The van der Waals surface area contributed by atoms with Crippen LogP contribution in [0.4, 0.5) is 5.69 Å². The Kier molecular flexibility index (Phi) is 4.12. The lowest BCUT2D eigenvalue weighted by Crippen LogP contribution is -2.07. The van der Waals surface area contributed by atoms with E-state index >= 15 is 0 Å². The van der Waals surface area contributed by atoms with E-state index in [1.807, 2.05) is 18.2 Å². The van der Waals surface area contributed by atoms with Crippen molar-refractivity contribution < 1.29 is 4.79 Å². The number of nitrogens with one attached hydrogen (secondary N) is 1. The van der Waals surface area contributed by atoms with Gasteiger partial charge in [0.15, 0.2) is 0 Å². The van der Waals surface area contributed by atoms with Gasteiger partial charge >= 0.3 is 0 Å². The Morgan fingerprint density at radius 2 is 1.68 bits per heavy atom. The van der Waals surface area contributed by atoms with Gasteiger partial charge < -0.3 is 5.32 Å². The predicted molar refractivity (Wildman–Crippen MR) is 104 cm³/mol. The Labute approximate surface area is 151 Å². The summed E-state index contributed by atoms with van der Waals surface area (Å²) in [5, 5.41) is 3.61. The highest BCUT2D eigenvalue weighted by Crippen LogP contribution is 2.37. The molecule has 0 bridgehead atoms. The van der Waals surface area contributed by atoms with Crippen LogP contribution in [0.2, 0.25) is 5.02 Å². The molecule has 122 valence electrons.